The zero-order chi connectivity index (χ0) is 21.4. The molecule has 7 heteroatoms. The third-order valence-electron chi connectivity index (χ3n) is 6.11. The van der Waals surface area contributed by atoms with Gasteiger partial charge >= 0.3 is 0 Å². The molecule has 1 amide bonds. The van der Waals surface area contributed by atoms with Crippen LogP contribution in [-0.2, 0) is 14.8 Å². The van der Waals surface area contributed by atoms with Crippen LogP contribution in [0, 0.1) is 11.8 Å². The molecule has 1 N–H and O–H groups in total. The molecule has 2 aliphatic heterocycles. The number of sulfonamides is 1. The number of rotatable bonds is 8. The van der Waals surface area contributed by atoms with Crippen LogP contribution in [0.2, 0.25) is 0 Å². The van der Waals surface area contributed by atoms with Gasteiger partial charge in [0.1, 0.15) is 0 Å². The Labute approximate surface area is 181 Å². The molecule has 0 aromatic heterocycles. The van der Waals surface area contributed by atoms with Gasteiger partial charge in [0, 0.05) is 37.5 Å². The highest BCUT2D eigenvalue weighted by atomic mass is 32.2. The fourth-order valence-corrected chi connectivity index (χ4v) is 5.56. The molecule has 166 valence electrons. The highest BCUT2D eigenvalue weighted by Crippen LogP contribution is 2.21. The van der Waals surface area contributed by atoms with Crippen molar-refractivity contribution in [2.75, 3.05) is 39.3 Å². The molecular formula is C23H35N3O3S. The van der Waals surface area contributed by atoms with Gasteiger partial charge in [-0.25, -0.2) is 8.42 Å². The van der Waals surface area contributed by atoms with E-state index in [1.807, 2.05) is 30.3 Å². The van der Waals surface area contributed by atoms with E-state index >= 15 is 0 Å². The lowest BCUT2D eigenvalue weighted by Crippen LogP contribution is -2.43. The maximum atomic E-state index is 12.6. The minimum Gasteiger partial charge on any atom is -0.356 e. The van der Waals surface area contributed by atoms with Crippen molar-refractivity contribution in [2.24, 2.45) is 11.8 Å². The van der Waals surface area contributed by atoms with Gasteiger partial charge in [0.25, 0.3) is 0 Å². The number of likely N-dealkylation sites (tertiary alicyclic amines) is 1. The second kappa shape index (κ2) is 11.1. The Bertz CT molecular complexity index is 802. The van der Waals surface area contributed by atoms with Crippen LogP contribution in [0.1, 0.15) is 44.6 Å². The van der Waals surface area contributed by atoms with E-state index in [0.29, 0.717) is 32.5 Å². The molecule has 1 unspecified atom stereocenters. The highest BCUT2D eigenvalue weighted by Gasteiger charge is 2.29. The van der Waals surface area contributed by atoms with Gasteiger partial charge in [-0.3, -0.25) is 4.79 Å². The van der Waals surface area contributed by atoms with Gasteiger partial charge in [0.15, 0.2) is 0 Å². The zero-order valence-electron chi connectivity index (χ0n) is 18.0. The Hall–Kier alpha value is -1.70. The van der Waals surface area contributed by atoms with E-state index in [4.69, 9.17) is 0 Å². The quantitative estimate of drug-likeness (QED) is 0.640. The van der Waals surface area contributed by atoms with Crippen LogP contribution in [0.25, 0.3) is 6.08 Å². The normalized spacial score (nSPS) is 22.4. The number of amides is 1. The van der Waals surface area contributed by atoms with Crippen molar-refractivity contribution >= 4 is 22.0 Å². The van der Waals surface area contributed by atoms with E-state index in [9.17, 15) is 13.2 Å². The number of hydrogen-bond donors (Lipinski definition) is 1. The predicted octanol–water partition coefficient (Wildman–Crippen LogP) is 2.94. The average Bonchev–Trinajstić information content (AvgIpc) is 2.76. The molecule has 1 atom stereocenters. The van der Waals surface area contributed by atoms with Crippen LogP contribution in [0.3, 0.4) is 0 Å². The third kappa shape index (κ3) is 6.93. The lowest BCUT2D eigenvalue weighted by atomic mass is 9.97. The fourth-order valence-electron chi connectivity index (χ4n) is 4.34. The number of nitrogens with zero attached hydrogens (tertiary/aromatic N) is 2. The van der Waals surface area contributed by atoms with Crippen molar-refractivity contribution in [3.05, 3.63) is 41.3 Å². The van der Waals surface area contributed by atoms with E-state index in [0.717, 1.165) is 24.4 Å². The standard InChI is InChI=1S/C23H35N3O3S/c1-20-7-5-14-25(19-20)15-6-13-24-23(27)22-10-16-26(17-11-22)30(28,29)18-12-21-8-3-2-4-9-21/h2-4,8-9,12,18,20,22H,5-7,10-11,13-17,19H2,1H3,(H,24,27)/b18-12+. The minimum atomic E-state index is -3.45. The van der Waals surface area contributed by atoms with E-state index < -0.39 is 10.0 Å². The molecule has 2 fully saturated rings. The van der Waals surface area contributed by atoms with Gasteiger partial charge in [-0.1, -0.05) is 37.3 Å². The molecule has 2 heterocycles. The monoisotopic (exact) mass is 433 g/mol. The third-order valence-corrected chi connectivity index (χ3v) is 7.67. The second-order valence-electron chi connectivity index (χ2n) is 8.62. The van der Waals surface area contributed by atoms with E-state index in [-0.39, 0.29) is 11.8 Å². The van der Waals surface area contributed by atoms with Crippen molar-refractivity contribution in [1.29, 1.82) is 0 Å². The Morgan fingerprint density at radius 1 is 1.13 bits per heavy atom. The summed E-state index contributed by atoms with van der Waals surface area (Å²) < 4.78 is 26.6. The van der Waals surface area contributed by atoms with Crippen LogP contribution in [-0.4, -0.2) is 62.8 Å². The number of carbonyl (C=O) groups excluding carboxylic acids is 1. The van der Waals surface area contributed by atoms with Crippen molar-refractivity contribution in [3.63, 3.8) is 0 Å². The molecule has 0 spiro atoms. The van der Waals surface area contributed by atoms with Gasteiger partial charge in [0.05, 0.1) is 0 Å². The maximum Gasteiger partial charge on any atom is 0.236 e. The molecular weight excluding hydrogens is 398 g/mol. The molecule has 0 radical (unpaired) electrons. The number of benzene rings is 1. The van der Waals surface area contributed by atoms with Crippen molar-refractivity contribution < 1.29 is 13.2 Å². The summed E-state index contributed by atoms with van der Waals surface area (Å²) in [6.07, 6.45) is 6.34. The van der Waals surface area contributed by atoms with Crippen molar-refractivity contribution in [3.8, 4) is 0 Å². The summed E-state index contributed by atoms with van der Waals surface area (Å²) in [6.45, 7) is 7.16. The van der Waals surface area contributed by atoms with Gasteiger partial charge in [0.2, 0.25) is 15.9 Å². The molecule has 3 rings (SSSR count). The first kappa shape index (κ1) is 23.0. The average molecular weight is 434 g/mol. The molecule has 2 saturated heterocycles. The van der Waals surface area contributed by atoms with Crippen LogP contribution >= 0.6 is 0 Å². The second-order valence-corrected chi connectivity index (χ2v) is 10.4. The largest absolute Gasteiger partial charge is 0.356 e. The molecule has 6 nitrogen and oxygen atoms in total. The minimum absolute atomic E-state index is 0.0684. The Kier molecular flexibility index (Phi) is 8.48. The Balaban J connectivity index is 1.37. The SMILES string of the molecule is CC1CCCN(CCCNC(=O)C2CCN(S(=O)(=O)/C=C/c3ccccc3)CC2)C1. The smallest absolute Gasteiger partial charge is 0.236 e. The van der Waals surface area contributed by atoms with Crippen molar-refractivity contribution in [1.82, 2.24) is 14.5 Å². The summed E-state index contributed by atoms with van der Waals surface area (Å²) in [5.41, 5.74) is 0.856. The Morgan fingerprint density at radius 2 is 1.87 bits per heavy atom. The summed E-state index contributed by atoms with van der Waals surface area (Å²) in [6, 6.07) is 9.39. The zero-order valence-corrected chi connectivity index (χ0v) is 18.8. The number of carbonyl (C=O) groups is 1. The van der Waals surface area contributed by atoms with E-state index in [1.165, 1.54) is 35.6 Å². The molecule has 0 saturated carbocycles. The summed E-state index contributed by atoms with van der Waals surface area (Å²) >= 11 is 0. The topological polar surface area (TPSA) is 69.7 Å². The van der Waals surface area contributed by atoms with E-state index in [2.05, 4.69) is 17.1 Å². The van der Waals surface area contributed by atoms with Crippen LogP contribution in [0.5, 0.6) is 0 Å². The van der Waals surface area contributed by atoms with Crippen LogP contribution in [0.4, 0.5) is 0 Å². The first-order valence-corrected chi connectivity index (χ1v) is 12.7. The van der Waals surface area contributed by atoms with Gasteiger partial charge in [-0.15, -0.1) is 0 Å². The summed E-state index contributed by atoms with van der Waals surface area (Å²) in [7, 11) is -3.45. The maximum absolute atomic E-state index is 12.6. The van der Waals surface area contributed by atoms with Crippen LogP contribution in [0.15, 0.2) is 35.7 Å². The predicted molar refractivity (Wildman–Crippen MR) is 121 cm³/mol. The summed E-state index contributed by atoms with van der Waals surface area (Å²) in [4.78, 5) is 15.0. The molecule has 1 aromatic carbocycles. The fraction of sp³-hybridized carbons (Fsp3) is 0.609. The summed E-state index contributed by atoms with van der Waals surface area (Å²) in [5, 5.41) is 4.32. The molecule has 1 aromatic rings. The van der Waals surface area contributed by atoms with Crippen molar-refractivity contribution in [2.45, 2.75) is 39.0 Å². The van der Waals surface area contributed by atoms with E-state index in [1.54, 1.807) is 6.08 Å². The number of hydrogen-bond acceptors (Lipinski definition) is 4. The molecule has 0 aliphatic carbocycles. The highest BCUT2D eigenvalue weighted by molar-refractivity contribution is 7.92. The summed E-state index contributed by atoms with van der Waals surface area (Å²) in [5.74, 6) is 0.751. The Morgan fingerprint density at radius 3 is 2.57 bits per heavy atom. The molecule has 2 aliphatic rings. The number of nitrogens with one attached hydrogen (secondary N) is 1. The first-order valence-electron chi connectivity index (χ1n) is 11.2. The lowest BCUT2D eigenvalue weighted by Gasteiger charge is -2.31. The molecule has 0 bridgehead atoms. The molecule has 30 heavy (non-hydrogen) atoms. The van der Waals surface area contributed by atoms with Gasteiger partial charge < -0.3 is 10.2 Å². The lowest BCUT2D eigenvalue weighted by molar-refractivity contribution is -0.126. The van der Waals surface area contributed by atoms with Gasteiger partial charge in [-0.2, -0.15) is 4.31 Å². The van der Waals surface area contributed by atoms with Gasteiger partial charge in [-0.05, 0) is 62.8 Å². The number of piperidine rings is 2. The van der Waals surface area contributed by atoms with Crippen LogP contribution < -0.4 is 5.32 Å². The first-order chi connectivity index (χ1) is 14.4.